The molecule has 0 saturated carbocycles. The minimum atomic E-state index is -0.419. The standard InChI is InChI=1S/C17H11F2N5S/c18-11-6-2-1-5-10(11)9-14-15(20-13-8-4-3-7-12(13)19)22-17-16(21-14)23-25-24-17/h1-8H,9H2,(H,20,22,24). The molecule has 0 atom stereocenters. The third kappa shape index (κ3) is 3.16. The third-order valence-corrected chi connectivity index (χ3v) is 4.14. The average Bonchev–Trinajstić information content (AvgIpc) is 3.06. The fourth-order valence-corrected chi connectivity index (χ4v) is 2.85. The largest absolute Gasteiger partial charge is 0.336 e. The zero-order valence-corrected chi connectivity index (χ0v) is 13.6. The number of halogens is 2. The van der Waals surface area contributed by atoms with E-state index in [0.717, 1.165) is 11.7 Å². The van der Waals surface area contributed by atoms with E-state index < -0.39 is 5.82 Å². The van der Waals surface area contributed by atoms with Gasteiger partial charge in [-0.25, -0.2) is 18.7 Å². The molecule has 4 aromatic rings. The number of para-hydroxylation sites is 1. The minimum Gasteiger partial charge on any atom is -0.336 e. The Labute approximate surface area is 145 Å². The molecule has 0 aliphatic rings. The molecule has 124 valence electrons. The van der Waals surface area contributed by atoms with Crippen LogP contribution in [0.5, 0.6) is 0 Å². The van der Waals surface area contributed by atoms with Crippen LogP contribution in [0.4, 0.5) is 20.3 Å². The van der Waals surface area contributed by atoms with Crippen molar-refractivity contribution in [3.05, 3.63) is 71.4 Å². The molecule has 0 aliphatic carbocycles. The summed E-state index contributed by atoms with van der Waals surface area (Å²) in [6.07, 6.45) is 0.198. The Morgan fingerprint density at radius 3 is 2.28 bits per heavy atom. The number of nitrogens with one attached hydrogen (secondary N) is 1. The molecule has 1 N–H and O–H groups in total. The van der Waals surface area contributed by atoms with E-state index in [-0.39, 0.29) is 17.9 Å². The molecule has 0 spiro atoms. The van der Waals surface area contributed by atoms with Gasteiger partial charge in [-0.3, -0.25) is 0 Å². The first kappa shape index (κ1) is 15.5. The van der Waals surface area contributed by atoms with Crippen molar-refractivity contribution in [3.63, 3.8) is 0 Å². The van der Waals surface area contributed by atoms with Crippen LogP contribution in [0.2, 0.25) is 0 Å². The molecule has 0 bridgehead atoms. The van der Waals surface area contributed by atoms with Gasteiger partial charge in [0.25, 0.3) is 0 Å². The van der Waals surface area contributed by atoms with E-state index in [2.05, 4.69) is 24.0 Å². The topological polar surface area (TPSA) is 63.6 Å². The summed E-state index contributed by atoms with van der Waals surface area (Å²) in [6, 6.07) is 12.7. The van der Waals surface area contributed by atoms with Gasteiger partial charge in [-0.15, -0.1) is 0 Å². The first-order chi connectivity index (χ1) is 12.2. The van der Waals surface area contributed by atoms with Crippen molar-refractivity contribution in [2.24, 2.45) is 0 Å². The number of nitrogens with zero attached hydrogens (tertiary/aromatic N) is 4. The second-order valence-corrected chi connectivity index (χ2v) is 5.83. The lowest BCUT2D eigenvalue weighted by Crippen LogP contribution is -2.05. The maximum Gasteiger partial charge on any atom is 0.214 e. The predicted octanol–water partition coefficient (Wildman–Crippen LogP) is 4.09. The van der Waals surface area contributed by atoms with Crippen LogP contribution in [0.15, 0.2) is 48.5 Å². The van der Waals surface area contributed by atoms with E-state index in [9.17, 15) is 8.78 Å². The van der Waals surface area contributed by atoms with Crippen molar-refractivity contribution >= 4 is 34.5 Å². The summed E-state index contributed by atoms with van der Waals surface area (Å²) in [5.74, 6) is -0.427. The molecule has 2 heterocycles. The van der Waals surface area contributed by atoms with Gasteiger partial charge in [0.1, 0.15) is 11.6 Å². The zero-order chi connectivity index (χ0) is 17.2. The van der Waals surface area contributed by atoms with Gasteiger partial charge in [-0.1, -0.05) is 30.3 Å². The Balaban J connectivity index is 1.78. The molecule has 8 heteroatoms. The van der Waals surface area contributed by atoms with Crippen molar-refractivity contribution in [2.75, 3.05) is 5.32 Å². The molecule has 0 aliphatic heterocycles. The maximum absolute atomic E-state index is 14.0. The van der Waals surface area contributed by atoms with Gasteiger partial charge in [0, 0.05) is 6.42 Å². The lowest BCUT2D eigenvalue weighted by atomic mass is 10.1. The van der Waals surface area contributed by atoms with Gasteiger partial charge in [0.15, 0.2) is 5.82 Å². The summed E-state index contributed by atoms with van der Waals surface area (Å²) < 4.78 is 36.1. The fraction of sp³-hybridized carbons (Fsp3) is 0.0588. The maximum atomic E-state index is 14.0. The highest BCUT2D eigenvalue weighted by Gasteiger charge is 2.15. The molecule has 4 rings (SSSR count). The Kier molecular flexibility index (Phi) is 4.02. The second-order valence-electron chi connectivity index (χ2n) is 5.30. The van der Waals surface area contributed by atoms with Gasteiger partial charge >= 0.3 is 0 Å². The molecule has 25 heavy (non-hydrogen) atoms. The number of anilines is 2. The summed E-state index contributed by atoms with van der Waals surface area (Å²) in [7, 11) is 0. The van der Waals surface area contributed by atoms with Gasteiger partial charge < -0.3 is 5.32 Å². The van der Waals surface area contributed by atoms with Crippen molar-refractivity contribution in [2.45, 2.75) is 6.42 Å². The van der Waals surface area contributed by atoms with Crippen LogP contribution >= 0.6 is 11.7 Å². The fourth-order valence-electron chi connectivity index (χ4n) is 2.41. The molecule has 0 amide bonds. The number of rotatable bonds is 4. The van der Waals surface area contributed by atoms with Crippen molar-refractivity contribution in [1.82, 2.24) is 18.7 Å². The highest BCUT2D eigenvalue weighted by molar-refractivity contribution is 6.99. The van der Waals surface area contributed by atoms with Crippen molar-refractivity contribution < 1.29 is 8.78 Å². The second kappa shape index (κ2) is 6.48. The first-order valence-electron chi connectivity index (χ1n) is 7.45. The van der Waals surface area contributed by atoms with Crippen molar-refractivity contribution in [3.8, 4) is 0 Å². The average molecular weight is 355 g/mol. The Bertz CT molecular complexity index is 969. The van der Waals surface area contributed by atoms with E-state index in [4.69, 9.17) is 0 Å². The SMILES string of the molecule is Fc1ccccc1Cc1nc2nsnc2nc1Nc1ccccc1F. The Morgan fingerprint density at radius 2 is 1.52 bits per heavy atom. The zero-order valence-electron chi connectivity index (χ0n) is 12.8. The van der Waals surface area contributed by atoms with E-state index in [1.54, 1.807) is 36.4 Å². The molecule has 5 nitrogen and oxygen atoms in total. The number of benzene rings is 2. The van der Waals surface area contributed by atoms with E-state index in [0.29, 0.717) is 28.4 Å². The summed E-state index contributed by atoms with van der Waals surface area (Å²) in [6.45, 7) is 0. The van der Waals surface area contributed by atoms with E-state index in [1.165, 1.54) is 12.1 Å². The first-order valence-corrected chi connectivity index (χ1v) is 8.18. The normalized spacial score (nSPS) is 11.0. The molecular formula is C17H11F2N5S. The van der Waals surface area contributed by atoms with E-state index >= 15 is 0 Å². The van der Waals surface area contributed by atoms with Crippen LogP contribution in [0.25, 0.3) is 11.3 Å². The lowest BCUT2D eigenvalue weighted by Gasteiger charge is -2.11. The van der Waals surface area contributed by atoms with Gasteiger partial charge in [0.05, 0.1) is 23.1 Å². The smallest absolute Gasteiger partial charge is 0.214 e. The highest BCUT2D eigenvalue weighted by Crippen LogP contribution is 2.24. The summed E-state index contributed by atoms with van der Waals surface area (Å²) in [4.78, 5) is 8.79. The van der Waals surface area contributed by atoms with Crippen LogP contribution in [-0.4, -0.2) is 18.7 Å². The highest BCUT2D eigenvalue weighted by atomic mass is 32.1. The third-order valence-electron chi connectivity index (χ3n) is 3.63. The Morgan fingerprint density at radius 1 is 0.840 bits per heavy atom. The van der Waals surface area contributed by atoms with Crippen LogP contribution in [0.1, 0.15) is 11.3 Å². The van der Waals surface area contributed by atoms with Crippen LogP contribution in [-0.2, 0) is 6.42 Å². The summed E-state index contributed by atoms with van der Waals surface area (Å²) in [5, 5.41) is 2.93. The number of hydrogen-bond acceptors (Lipinski definition) is 6. The molecule has 0 unspecified atom stereocenters. The number of hydrogen-bond donors (Lipinski definition) is 1. The predicted molar refractivity (Wildman–Crippen MR) is 91.9 cm³/mol. The molecule has 0 fully saturated rings. The monoisotopic (exact) mass is 355 g/mol. The quantitative estimate of drug-likeness (QED) is 0.597. The summed E-state index contributed by atoms with van der Waals surface area (Å²) >= 11 is 0.988. The van der Waals surface area contributed by atoms with Crippen LogP contribution in [0.3, 0.4) is 0 Å². The Hall–Kier alpha value is -3.00. The van der Waals surface area contributed by atoms with E-state index in [1.807, 2.05) is 0 Å². The summed E-state index contributed by atoms with van der Waals surface area (Å²) in [5.41, 5.74) is 1.94. The van der Waals surface area contributed by atoms with Crippen LogP contribution < -0.4 is 5.32 Å². The van der Waals surface area contributed by atoms with Gasteiger partial charge in [0.2, 0.25) is 11.3 Å². The van der Waals surface area contributed by atoms with Gasteiger partial charge in [-0.05, 0) is 23.8 Å². The number of fused-ring (bicyclic) bond motifs is 1. The molecular weight excluding hydrogens is 344 g/mol. The van der Waals surface area contributed by atoms with Gasteiger partial charge in [-0.2, -0.15) is 8.75 Å². The molecule has 0 radical (unpaired) electrons. The lowest BCUT2D eigenvalue weighted by molar-refractivity contribution is 0.613. The molecule has 0 saturated heterocycles. The minimum absolute atomic E-state index is 0.198. The number of aromatic nitrogens is 4. The molecule has 2 aromatic carbocycles. The van der Waals surface area contributed by atoms with Crippen molar-refractivity contribution in [1.29, 1.82) is 0 Å². The van der Waals surface area contributed by atoms with Crippen LogP contribution in [0, 0.1) is 11.6 Å². The molecule has 2 aromatic heterocycles.